The molecule has 106 valence electrons. The van der Waals surface area contributed by atoms with Crippen molar-refractivity contribution in [2.45, 2.75) is 24.4 Å². The van der Waals surface area contributed by atoms with Gasteiger partial charge in [-0.2, -0.15) is 8.78 Å². The maximum Gasteiger partial charge on any atom is 0.331 e. The number of nitrogens with zero attached hydrogens (tertiary/aromatic N) is 2. The SMILES string of the molecule is Cn1c(=N)ccn([C@@H]2O[C@H](CO)C(O)C2(F)F)c1=O. The molecule has 9 heteroatoms. The Balaban J connectivity index is 2.51. The van der Waals surface area contributed by atoms with Gasteiger partial charge in [0, 0.05) is 13.2 Å². The molecule has 1 aliphatic heterocycles. The Morgan fingerprint density at radius 2 is 2.21 bits per heavy atom. The third kappa shape index (κ3) is 1.99. The second-order valence-corrected chi connectivity index (χ2v) is 4.28. The summed E-state index contributed by atoms with van der Waals surface area (Å²) in [5.41, 5.74) is -1.02. The Bertz CT molecular complexity index is 597. The van der Waals surface area contributed by atoms with Gasteiger partial charge in [-0.3, -0.25) is 14.5 Å². The molecule has 1 aromatic rings. The first kappa shape index (κ1) is 13.8. The van der Waals surface area contributed by atoms with Crippen molar-refractivity contribution in [3.8, 4) is 0 Å². The van der Waals surface area contributed by atoms with E-state index in [4.69, 9.17) is 15.3 Å². The molecular formula is C10H13F2N3O4. The van der Waals surface area contributed by atoms with Crippen LogP contribution in [0.5, 0.6) is 0 Å². The van der Waals surface area contributed by atoms with Gasteiger partial charge in [0.1, 0.15) is 11.6 Å². The van der Waals surface area contributed by atoms with Crippen LogP contribution in [0.15, 0.2) is 17.1 Å². The lowest BCUT2D eigenvalue weighted by Crippen LogP contribution is -2.45. The molecule has 1 unspecified atom stereocenters. The van der Waals surface area contributed by atoms with E-state index in [1.807, 2.05) is 0 Å². The van der Waals surface area contributed by atoms with Gasteiger partial charge in [0.2, 0.25) is 6.23 Å². The number of halogens is 2. The zero-order chi connectivity index (χ0) is 14.4. The van der Waals surface area contributed by atoms with E-state index in [1.165, 1.54) is 7.05 Å². The van der Waals surface area contributed by atoms with E-state index < -0.39 is 36.7 Å². The Hall–Kier alpha value is -1.58. The lowest BCUT2D eigenvalue weighted by Gasteiger charge is -2.21. The van der Waals surface area contributed by atoms with E-state index in [9.17, 15) is 18.7 Å². The molecule has 0 radical (unpaired) electrons. The van der Waals surface area contributed by atoms with Crippen LogP contribution in [-0.2, 0) is 11.8 Å². The number of alkyl halides is 2. The predicted octanol–water partition coefficient (Wildman–Crippen LogP) is -1.45. The molecule has 1 aliphatic rings. The fourth-order valence-corrected chi connectivity index (χ4v) is 1.90. The number of rotatable bonds is 2. The Labute approximate surface area is 105 Å². The van der Waals surface area contributed by atoms with Crippen molar-refractivity contribution in [3.05, 3.63) is 28.2 Å². The van der Waals surface area contributed by atoms with Crippen molar-refractivity contribution in [1.82, 2.24) is 9.13 Å². The van der Waals surface area contributed by atoms with Gasteiger partial charge in [0.15, 0.2) is 6.10 Å². The number of hydrogen-bond donors (Lipinski definition) is 3. The molecule has 0 bridgehead atoms. The molecule has 1 fully saturated rings. The topological polar surface area (TPSA) is 100 Å². The van der Waals surface area contributed by atoms with Gasteiger partial charge in [-0.15, -0.1) is 0 Å². The van der Waals surface area contributed by atoms with E-state index in [0.717, 1.165) is 16.8 Å². The van der Waals surface area contributed by atoms with E-state index in [1.54, 1.807) is 0 Å². The maximum atomic E-state index is 13.8. The summed E-state index contributed by atoms with van der Waals surface area (Å²) in [5.74, 6) is -3.71. The van der Waals surface area contributed by atoms with Gasteiger partial charge in [-0.1, -0.05) is 0 Å². The summed E-state index contributed by atoms with van der Waals surface area (Å²) in [7, 11) is 1.26. The minimum absolute atomic E-state index is 0.151. The Kier molecular flexibility index (Phi) is 3.29. The van der Waals surface area contributed by atoms with Crippen LogP contribution < -0.4 is 11.2 Å². The molecule has 3 N–H and O–H groups in total. The highest BCUT2D eigenvalue weighted by Gasteiger charge is 2.59. The minimum Gasteiger partial charge on any atom is -0.394 e. The summed E-state index contributed by atoms with van der Waals surface area (Å²) in [5, 5.41) is 25.6. The summed E-state index contributed by atoms with van der Waals surface area (Å²) < 4.78 is 34.0. The minimum atomic E-state index is -3.71. The lowest BCUT2D eigenvalue weighted by molar-refractivity contribution is -0.141. The van der Waals surface area contributed by atoms with Crippen LogP contribution in [0.25, 0.3) is 0 Å². The zero-order valence-electron chi connectivity index (χ0n) is 9.96. The highest BCUT2D eigenvalue weighted by Crippen LogP contribution is 2.41. The van der Waals surface area contributed by atoms with E-state index >= 15 is 0 Å². The molecule has 19 heavy (non-hydrogen) atoms. The highest BCUT2D eigenvalue weighted by molar-refractivity contribution is 4.98. The normalized spacial score (nSPS) is 29.6. The Morgan fingerprint density at radius 1 is 1.58 bits per heavy atom. The first-order chi connectivity index (χ1) is 8.80. The lowest BCUT2D eigenvalue weighted by atomic mass is 10.1. The molecule has 0 spiro atoms. The molecule has 2 rings (SSSR count). The van der Waals surface area contributed by atoms with Gasteiger partial charge in [-0.25, -0.2) is 4.79 Å². The van der Waals surface area contributed by atoms with E-state index in [2.05, 4.69) is 0 Å². The number of aliphatic hydroxyl groups excluding tert-OH is 2. The molecule has 3 atom stereocenters. The fraction of sp³-hybridized carbons (Fsp3) is 0.600. The molecule has 2 heterocycles. The monoisotopic (exact) mass is 277 g/mol. The molecule has 1 saturated heterocycles. The first-order valence-corrected chi connectivity index (χ1v) is 5.45. The van der Waals surface area contributed by atoms with E-state index in [-0.39, 0.29) is 5.49 Å². The Morgan fingerprint density at radius 3 is 2.74 bits per heavy atom. The molecular weight excluding hydrogens is 264 g/mol. The molecule has 0 aliphatic carbocycles. The van der Waals surface area contributed by atoms with Crippen molar-refractivity contribution in [2.24, 2.45) is 7.05 Å². The first-order valence-electron chi connectivity index (χ1n) is 5.45. The van der Waals surface area contributed by atoms with Crippen LogP contribution in [0.2, 0.25) is 0 Å². The maximum absolute atomic E-state index is 13.8. The molecule has 0 aromatic carbocycles. The van der Waals surface area contributed by atoms with Gasteiger partial charge in [0.05, 0.1) is 6.61 Å². The largest absolute Gasteiger partial charge is 0.394 e. The van der Waals surface area contributed by atoms with Crippen molar-refractivity contribution in [2.75, 3.05) is 6.61 Å². The van der Waals surface area contributed by atoms with Crippen LogP contribution in [0.1, 0.15) is 6.23 Å². The zero-order valence-corrected chi connectivity index (χ0v) is 9.96. The average Bonchev–Trinajstić information content (AvgIpc) is 2.59. The summed E-state index contributed by atoms with van der Waals surface area (Å²) in [6.07, 6.45) is -4.68. The van der Waals surface area contributed by atoms with Crippen molar-refractivity contribution in [1.29, 1.82) is 5.41 Å². The number of aliphatic hydroxyl groups is 2. The van der Waals surface area contributed by atoms with Crippen molar-refractivity contribution >= 4 is 0 Å². The fourth-order valence-electron chi connectivity index (χ4n) is 1.90. The standard InChI is InChI=1S/C10H13F2N3O4/c1-14-6(13)2-3-15(9(14)18)8-10(11,12)7(17)5(4-16)19-8/h2-3,5,7-8,13,16-17H,4H2,1H3/t5-,7?,8-/m1/s1. The number of aromatic nitrogens is 2. The predicted molar refractivity (Wildman–Crippen MR) is 57.5 cm³/mol. The number of nitrogens with one attached hydrogen (secondary N) is 1. The highest BCUT2D eigenvalue weighted by atomic mass is 19.3. The smallest absolute Gasteiger partial charge is 0.331 e. The number of hydrogen-bond acceptors (Lipinski definition) is 5. The van der Waals surface area contributed by atoms with Crippen molar-refractivity contribution in [3.63, 3.8) is 0 Å². The summed E-state index contributed by atoms with van der Waals surface area (Å²) in [6.45, 7) is -0.787. The van der Waals surface area contributed by atoms with Gasteiger partial charge >= 0.3 is 11.6 Å². The molecule has 0 amide bonds. The third-order valence-corrected chi connectivity index (χ3v) is 3.07. The average molecular weight is 277 g/mol. The van der Waals surface area contributed by atoms with Gasteiger partial charge in [-0.05, 0) is 6.07 Å². The van der Waals surface area contributed by atoms with Crippen LogP contribution in [-0.4, -0.2) is 44.1 Å². The van der Waals surface area contributed by atoms with Crippen LogP contribution >= 0.6 is 0 Å². The number of ether oxygens (including phenoxy) is 1. The molecule has 7 nitrogen and oxygen atoms in total. The van der Waals surface area contributed by atoms with Gasteiger partial charge in [0.25, 0.3) is 0 Å². The van der Waals surface area contributed by atoms with Crippen LogP contribution in [0, 0.1) is 5.41 Å². The second kappa shape index (κ2) is 4.51. The molecule has 1 aromatic heterocycles. The summed E-state index contributed by atoms with van der Waals surface area (Å²) in [4.78, 5) is 11.8. The molecule has 0 saturated carbocycles. The summed E-state index contributed by atoms with van der Waals surface area (Å²) >= 11 is 0. The quantitative estimate of drug-likeness (QED) is 0.616. The van der Waals surface area contributed by atoms with E-state index in [0.29, 0.717) is 4.57 Å². The summed E-state index contributed by atoms with van der Waals surface area (Å²) in [6, 6.07) is 1.15. The third-order valence-electron chi connectivity index (χ3n) is 3.07. The van der Waals surface area contributed by atoms with Crippen LogP contribution in [0.3, 0.4) is 0 Å². The second-order valence-electron chi connectivity index (χ2n) is 4.28. The van der Waals surface area contributed by atoms with Crippen LogP contribution in [0.4, 0.5) is 8.78 Å². The van der Waals surface area contributed by atoms with Crippen molar-refractivity contribution < 1.29 is 23.7 Å². The van der Waals surface area contributed by atoms with Gasteiger partial charge < -0.3 is 14.9 Å².